The second-order valence-electron chi connectivity index (χ2n) is 5.08. The van der Waals surface area contributed by atoms with Crippen molar-refractivity contribution >= 4 is 0 Å². The molecule has 0 heterocycles. The Kier molecular flexibility index (Phi) is 1.74. The zero-order chi connectivity index (χ0) is 8.01. The van der Waals surface area contributed by atoms with Crippen molar-refractivity contribution in [2.24, 2.45) is 29.6 Å². The van der Waals surface area contributed by atoms with Crippen molar-refractivity contribution in [2.45, 2.75) is 40.0 Å². The van der Waals surface area contributed by atoms with Crippen LogP contribution in [0.4, 0.5) is 0 Å². The Balaban J connectivity index is 2.16. The smallest absolute Gasteiger partial charge is 0.0337 e. The molecule has 0 N–H and O–H groups in total. The van der Waals surface area contributed by atoms with Gasteiger partial charge in [-0.2, -0.15) is 0 Å². The van der Waals surface area contributed by atoms with Gasteiger partial charge in [0.1, 0.15) is 0 Å². The average molecular weight is 152 g/mol. The Morgan fingerprint density at radius 3 is 1.27 bits per heavy atom. The topological polar surface area (TPSA) is 0 Å². The van der Waals surface area contributed by atoms with Crippen LogP contribution in [0.25, 0.3) is 0 Å². The molecular formula is C11H20. The molecule has 11 heavy (non-hydrogen) atoms. The number of hydrogen-bond acceptors (Lipinski definition) is 0. The van der Waals surface area contributed by atoms with E-state index in [0.717, 1.165) is 29.6 Å². The Labute approximate surface area is 70.4 Å². The third-order valence-corrected chi connectivity index (χ3v) is 4.09. The summed E-state index contributed by atoms with van der Waals surface area (Å²) in [6.45, 7) is 7.38. The third-order valence-electron chi connectivity index (χ3n) is 4.09. The van der Waals surface area contributed by atoms with Gasteiger partial charge in [-0.3, -0.25) is 0 Å². The van der Waals surface area contributed by atoms with Crippen molar-refractivity contribution in [2.75, 3.05) is 0 Å². The van der Waals surface area contributed by atoms with Gasteiger partial charge in [0.15, 0.2) is 0 Å². The number of fused-ring (bicyclic) bond motifs is 3. The molecule has 0 amide bonds. The zero-order valence-electron chi connectivity index (χ0n) is 8.01. The summed E-state index contributed by atoms with van der Waals surface area (Å²) in [6.07, 6.45) is 4.58. The monoisotopic (exact) mass is 152 g/mol. The van der Waals surface area contributed by atoms with Crippen molar-refractivity contribution < 1.29 is 0 Å². The van der Waals surface area contributed by atoms with Gasteiger partial charge < -0.3 is 0 Å². The lowest BCUT2D eigenvalue weighted by atomic mass is 9.56. The molecule has 0 spiro atoms. The maximum Gasteiger partial charge on any atom is -0.0337 e. The van der Waals surface area contributed by atoms with Crippen molar-refractivity contribution in [3.05, 3.63) is 0 Å². The summed E-state index contributed by atoms with van der Waals surface area (Å²) in [7, 11) is 0. The van der Waals surface area contributed by atoms with E-state index >= 15 is 0 Å². The second kappa shape index (κ2) is 2.50. The highest BCUT2D eigenvalue weighted by Crippen LogP contribution is 2.50. The maximum atomic E-state index is 2.46. The highest BCUT2D eigenvalue weighted by Gasteiger charge is 2.41. The molecule has 0 aliphatic heterocycles. The molecule has 3 rings (SSSR count). The molecule has 0 aromatic heterocycles. The fraction of sp³-hybridized carbons (Fsp3) is 1.00. The van der Waals surface area contributed by atoms with Crippen LogP contribution in [0.3, 0.4) is 0 Å². The van der Waals surface area contributed by atoms with Gasteiger partial charge in [0, 0.05) is 0 Å². The van der Waals surface area contributed by atoms with Crippen LogP contribution in [0, 0.1) is 29.6 Å². The normalized spacial score (nSPS) is 56.5. The van der Waals surface area contributed by atoms with Crippen molar-refractivity contribution in [3.8, 4) is 0 Å². The second-order valence-corrected chi connectivity index (χ2v) is 5.08. The minimum atomic E-state index is 1.02. The van der Waals surface area contributed by atoms with Crippen molar-refractivity contribution in [1.29, 1.82) is 0 Å². The zero-order valence-corrected chi connectivity index (χ0v) is 8.01. The molecule has 3 fully saturated rings. The Bertz CT molecular complexity index is 122. The Morgan fingerprint density at radius 2 is 1.09 bits per heavy atom. The predicted molar refractivity (Wildman–Crippen MR) is 48.3 cm³/mol. The molecule has 3 saturated carbocycles. The average Bonchev–Trinajstić information content (AvgIpc) is 1.82. The highest BCUT2D eigenvalue weighted by atomic mass is 14.5. The lowest BCUT2D eigenvalue weighted by Crippen LogP contribution is -2.40. The molecule has 64 valence electrons. The van der Waals surface area contributed by atoms with Gasteiger partial charge in [-0.15, -0.1) is 0 Å². The summed E-state index contributed by atoms with van der Waals surface area (Å²) < 4.78 is 0. The summed E-state index contributed by atoms with van der Waals surface area (Å²) in [5, 5.41) is 0. The van der Waals surface area contributed by atoms with Crippen LogP contribution in [0.1, 0.15) is 40.0 Å². The van der Waals surface area contributed by atoms with Crippen molar-refractivity contribution in [3.63, 3.8) is 0 Å². The van der Waals surface area contributed by atoms with E-state index in [1.54, 1.807) is 0 Å². The highest BCUT2D eigenvalue weighted by molar-refractivity contribution is 4.91. The van der Waals surface area contributed by atoms with E-state index in [4.69, 9.17) is 0 Å². The quantitative estimate of drug-likeness (QED) is 0.499. The molecule has 0 nitrogen and oxygen atoms in total. The summed E-state index contributed by atoms with van der Waals surface area (Å²) in [5.41, 5.74) is 0. The fourth-order valence-electron chi connectivity index (χ4n) is 4.02. The first kappa shape index (κ1) is 7.64. The molecule has 3 atom stereocenters. The van der Waals surface area contributed by atoms with Gasteiger partial charge in [0.05, 0.1) is 0 Å². The summed E-state index contributed by atoms with van der Waals surface area (Å²) in [6, 6.07) is 0. The van der Waals surface area contributed by atoms with Gasteiger partial charge >= 0.3 is 0 Å². The molecule has 3 aliphatic carbocycles. The largest absolute Gasteiger partial charge is 0.0622 e. The standard InChI is InChI=1S/C11H20/c1-7-4-10-5-8(2)11(7)9(3)6-10/h7-11H,4-6H2,1-3H3. The van der Waals surface area contributed by atoms with Crippen LogP contribution in [-0.2, 0) is 0 Å². The SMILES string of the molecule is CC1CC2CC(C)C1C(C)C2. The van der Waals surface area contributed by atoms with Crippen LogP contribution in [-0.4, -0.2) is 0 Å². The van der Waals surface area contributed by atoms with Gasteiger partial charge in [0.2, 0.25) is 0 Å². The van der Waals surface area contributed by atoms with E-state index < -0.39 is 0 Å². The molecule has 0 saturated heterocycles. The van der Waals surface area contributed by atoms with Crippen LogP contribution >= 0.6 is 0 Å². The minimum Gasteiger partial charge on any atom is -0.0622 e. The summed E-state index contributed by atoms with van der Waals surface area (Å²) >= 11 is 0. The van der Waals surface area contributed by atoms with E-state index in [1.165, 1.54) is 19.3 Å². The molecule has 2 bridgehead atoms. The molecule has 0 heteroatoms. The van der Waals surface area contributed by atoms with E-state index in [2.05, 4.69) is 20.8 Å². The Hall–Kier alpha value is 0. The van der Waals surface area contributed by atoms with Crippen LogP contribution in [0.15, 0.2) is 0 Å². The summed E-state index contributed by atoms with van der Waals surface area (Å²) in [5.74, 6) is 5.20. The van der Waals surface area contributed by atoms with E-state index in [1.807, 2.05) is 0 Å². The van der Waals surface area contributed by atoms with E-state index in [0.29, 0.717) is 0 Å². The summed E-state index contributed by atoms with van der Waals surface area (Å²) in [4.78, 5) is 0. The number of hydrogen-bond donors (Lipinski definition) is 0. The molecular weight excluding hydrogens is 132 g/mol. The van der Waals surface area contributed by atoms with Gasteiger partial charge in [-0.25, -0.2) is 0 Å². The molecule has 0 aromatic carbocycles. The van der Waals surface area contributed by atoms with E-state index in [-0.39, 0.29) is 0 Å². The fourth-order valence-corrected chi connectivity index (χ4v) is 4.02. The maximum absolute atomic E-state index is 2.46. The van der Waals surface area contributed by atoms with Gasteiger partial charge in [-0.05, 0) is 48.9 Å². The van der Waals surface area contributed by atoms with Gasteiger partial charge in [0.25, 0.3) is 0 Å². The predicted octanol–water partition coefficient (Wildman–Crippen LogP) is 3.32. The van der Waals surface area contributed by atoms with Crippen molar-refractivity contribution in [1.82, 2.24) is 0 Å². The molecule has 3 aliphatic rings. The first-order valence-electron chi connectivity index (χ1n) is 5.18. The Morgan fingerprint density at radius 1 is 0.727 bits per heavy atom. The molecule has 0 radical (unpaired) electrons. The molecule has 0 aromatic rings. The van der Waals surface area contributed by atoms with Crippen LogP contribution < -0.4 is 0 Å². The third kappa shape index (κ3) is 1.11. The molecule has 3 unspecified atom stereocenters. The first-order valence-corrected chi connectivity index (χ1v) is 5.18. The minimum absolute atomic E-state index is 1.02. The van der Waals surface area contributed by atoms with E-state index in [9.17, 15) is 0 Å². The lowest BCUT2D eigenvalue weighted by molar-refractivity contribution is 0.00652. The lowest BCUT2D eigenvalue weighted by Gasteiger charge is -2.49. The van der Waals surface area contributed by atoms with Gasteiger partial charge in [-0.1, -0.05) is 20.8 Å². The van der Waals surface area contributed by atoms with Crippen LogP contribution in [0.5, 0.6) is 0 Å². The first-order chi connectivity index (χ1) is 5.18. The van der Waals surface area contributed by atoms with Crippen LogP contribution in [0.2, 0.25) is 0 Å². The number of rotatable bonds is 0.